The standard InChI is InChI=1S/C21H26N4O2S/c1-14-10-15(2)12-17(11-14)18-23-24-20(27-18)28-16(3)19(26)25(4)21(13-22)8-6-5-7-9-21/h10-12,16H,5-9H2,1-4H3/t16-/m0/s1. The first-order valence-corrected chi connectivity index (χ1v) is 10.5. The first kappa shape index (κ1) is 20.4. The molecule has 0 saturated heterocycles. The van der Waals surface area contributed by atoms with E-state index < -0.39 is 10.8 Å². The highest BCUT2D eigenvalue weighted by atomic mass is 32.2. The van der Waals surface area contributed by atoms with Gasteiger partial charge >= 0.3 is 0 Å². The molecule has 0 spiro atoms. The van der Waals surface area contributed by atoms with Crippen LogP contribution in [0.4, 0.5) is 0 Å². The van der Waals surface area contributed by atoms with Crippen molar-refractivity contribution < 1.29 is 9.21 Å². The van der Waals surface area contributed by atoms with Gasteiger partial charge in [-0.05, 0) is 45.7 Å². The van der Waals surface area contributed by atoms with Crippen LogP contribution in [-0.2, 0) is 4.79 Å². The van der Waals surface area contributed by atoms with Crippen LogP contribution in [0.3, 0.4) is 0 Å². The van der Waals surface area contributed by atoms with Crippen LogP contribution in [0, 0.1) is 25.2 Å². The molecule has 1 amide bonds. The van der Waals surface area contributed by atoms with Gasteiger partial charge in [0.1, 0.15) is 5.54 Å². The van der Waals surface area contributed by atoms with Crippen LogP contribution < -0.4 is 0 Å². The molecule has 28 heavy (non-hydrogen) atoms. The number of amides is 1. The Morgan fingerprint density at radius 3 is 2.46 bits per heavy atom. The number of carbonyl (C=O) groups excluding carboxylic acids is 1. The SMILES string of the molecule is Cc1cc(C)cc(-c2nnc(S[C@@H](C)C(=O)N(C)C3(C#N)CCCCC3)o2)c1. The average molecular weight is 399 g/mol. The van der Waals surface area contributed by atoms with Crippen LogP contribution in [-0.4, -0.2) is 38.8 Å². The van der Waals surface area contributed by atoms with Crippen LogP contribution in [0.5, 0.6) is 0 Å². The van der Waals surface area contributed by atoms with E-state index in [1.54, 1.807) is 11.9 Å². The molecule has 0 unspecified atom stereocenters. The van der Waals surface area contributed by atoms with Crippen LogP contribution in [0.2, 0.25) is 0 Å². The lowest BCUT2D eigenvalue weighted by Crippen LogP contribution is -2.52. The predicted molar refractivity (Wildman–Crippen MR) is 109 cm³/mol. The number of rotatable bonds is 5. The van der Waals surface area contributed by atoms with Gasteiger partial charge in [-0.2, -0.15) is 5.26 Å². The Morgan fingerprint density at radius 2 is 1.86 bits per heavy atom. The van der Waals surface area contributed by atoms with Gasteiger partial charge in [-0.15, -0.1) is 10.2 Å². The summed E-state index contributed by atoms with van der Waals surface area (Å²) < 4.78 is 5.78. The molecule has 1 aromatic carbocycles. The largest absolute Gasteiger partial charge is 0.411 e. The Labute approximate surface area is 170 Å². The molecule has 148 valence electrons. The summed E-state index contributed by atoms with van der Waals surface area (Å²) in [4.78, 5) is 14.6. The van der Waals surface area contributed by atoms with Gasteiger partial charge in [0.2, 0.25) is 11.8 Å². The molecule has 6 nitrogen and oxygen atoms in total. The number of hydrogen-bond donors (Lipinski definition) is 0. The molecular formula is C21H26N4O2S. The summed E-state index contributed by atoms with van der Waals surface area (Å²) in [5.74, 6) is 0.364. The summed E-state index contributed by atoms with van der Waals surface area (Å²) >= 11 is 1.24. The number of carbonyl (C=O) groups is 1. The van der Waals surface area contributed by atoms with E-state index >= 15 is 0 Å². The molecule has 1 aliphatic rings. The number of aromatic nitrogens is 2. The molecule has 1 fully saturated rings. The number of benzene rings is 1. The van der Waals surface area contributed by atoms with E-state index in [0.717, 1.165) is 48.8 Å². The van der Waals surface area contributed by atoms with Gasteiger partial charge in [0.15, 0.2) is 0 Å². The van der Waals surface area contributed by atoms with Gasteiger partial charge in [-0.25, -0.2) is 0 Å². The first-order chi connectivity index (χ1) is 13.3. The lowest BCUT2D eigenvalue weighted by atomic mass is 9.81. The Bertz CT molecular complexity index is 876. The number of nitriles is 1. The van der Waals surface area contributed by atoms with Crippen LogP contribution in [0.15, 0.2) is 27.8 Å². The second-order valence-corrected chi connectivity index (χ2v) is 8.90. The summed E-state index contributed by atoms with van der Waals surface area (Å²) in [5.41, 5.74) is 2.44. The maximum absolute atomic E-state index is 12.9. The summed E-state index contributed by atoms with van der Waals surface area (Å²) in [6.07, 6.45) is 4.56. The van der Waals surface area contributed by atoms with Crippen molar-refractivity contribution in [2.45, 2.75) is 68.9 Å². The minimum absolute atomic E-state index is 0.0837. The lowest BCUT2D eigenvalue weighted by molar-refractivity contribution is -0.133. The quantitative estimate of drug-likeness (QED) is 0.689. The van der Waals surface area contributed by atoms with Crippen LogP contribution in [0.25, 0.3) is 11.5 Å². The van der Waals surface area contributed by atoms with Gasteiger partial charge in [0, 0.05) is 12.6 Å². The van der Waals surface area contributed by atoms with Crippen molar-refractivity contribution in [1.82, 2.24) is 15.1 Å². The zero-order valence-electron chi connectivity index (χ0n) is 16.9. The molecule has 1 atom stereocenters. The molecule has 3 rings (SSSR count). The molecule has 0 aliphatic heterocycles. The van der Waals surface area contributed by atoms with Crippen LogP contribution >= 0.6 is 11.8 Å². The molecule has 2 aromatic rings. The molecule has 1 aliphatic carbocycles. The number of aryl methyl sites for hydroxylation is 2. The topological polar surface area (TPSA) is 83.0 Å². The molecule has 1 aromatic heterocycles. The molecule has 0 radical (unpaired) electrons. The summed E-state index contributed by atoms with van der Waals surface area (Å²) in [6.45, 7) is 5.86. The van der Waals surface area contributed by atoms with E-state index in [9.17, 15) is 10.1 Å². The van der Waals surface area contributed by atoms with E-state index in [1.165, 1.54) is 11.8 Å². The van der Waals surface area contributed by atoms with Crippen molar-refractivity contribution in [1.29, 1.82) is 5.26 Å². The molecule has 1 heterocycles. The Kier molecular flexibility index (Phi) is 6.09. The highest BCUT2D eigenvalue weighted by molar-refractivity contribution is 8.00. The zero-order chi connectivity index (χ0) is 20.3. The maximum Gasteiger partial charge on any atom is 0.277 e. The fourth-order valence-electron chi connectivity index (χ4n) is 3.82. The number of hydrogen-bond acceptors (Lipinski definition) is 6. The predicted octanol–water partition coefficient (Wildman–Crippen LogP) is 4.52. The van der Waals surface area contributed by atoms with E-state index in [2.05, 4.69) is 22.3 Å². The van der Waals surface area contributed by atoms with Crippen molar-refractivity contribution in [3.8, 4) is 17.5 Å². The fraction of sp³-hybridized carbons (Fsp3) is 0.524. The lowest BCUT2D eigenvalue weighted by Gasteiger charge is -2.39. The second kappa shape index (κ2) is 8.36. The minimum atomic E-state index is -0.691. The Hall–Kier alpha value is -2.33. The third-order valence-corrected chi connectivity index (χ3v) is 6.28. The van der Waals surface area contributed by atoms with E-state index in [0.29, 0.717) is 11.1 Å². The molecule has 0 N–H and O–H groups in total. The molecule has 0 bridgehead atoms. The van der Waals surface area contributed by atoms with Crippen molar-refractivity contribution in [3.63, 3.8) is 0 Å². The Morgan fingerprint density at radius 1 is 1.21 bits per heavy atom. The van der Waals surface area contributed by atoms with Gasteiger partial charge < -0.3 is 9.32 Å². The van der Waals surface area contributed by atoms with Crippen molar-refractivity contribution in [3.05, 3.63) is 29.3 Å². The molecule has 7 heteroatoms. The smallest absolute Gasteiger partial charge is 0.277 e. The molecular weight excluding hydrogens is 372 g/mol. The second-order valence-electron chi connectivity index (χ2n) is 7.61. The Balaban J connectivity index is 1.71. The average Bonchev–Trinajstić information content (AvgIpc) is 3.15. The third-order valence-electron chi connectivity index (χ3n) is 5.36. The van der Waals surface area contributed by atoms with Gasteiger partial charge in [0.25, 0.3) is 5.22 Å². The van der Waals surface area contributed by atoms with Crippen molar-refractivity contribution in [2.24, 2.45) is 0 Å². The van der Waals surface area contributed by atoms with Crippen molar-refractivity contribution >= 4 is 17.7 Å². The summed E-state index contributed by atoms with van der Waals surface area (Å²) in [6, 6.07) is 8.48. The summed E-state index contributed by atoms with van der Waals surface area (Å²) in [7, 11) is 1.74. The minimum Gasteiger partial charge on any atom is -0.411 e. The van der Waals surface area contributed by atoms with Gasteiger partial charge in [-0.3, -0.25) is 4.79 Å². The first-order valence-electron chi connectivity index (χ1n) is 9.62. The van der Waals surface area contributed by atoms with Gasteiger partial charge in [0.05, 0.1) is 11.3 Å². The number of thioether (sulfide) groups is 1. The normalized spacial score (nSPS) is 17.0. The van der Waals surface area contributed by atoms with E-state index in [4.69, 9.17) is 4.42 Å². The maximum atomic E-state index is 12.9. The zero-order valence-corrected chi connectivity index (χ0v) is 17.7. The third kappa shape index (κ3) is 4.22. The summed E-state index contributed by atoms with van der Waals surface area (Å²) in [5, 5.41) is 17.9. The van der Waals surface area contributed by atoms with Crippen LogP contribution in [0.1, 0.15) is 50.2 Å². The monoisotopic (exact) mass is 398 g/mol. The molecule has 1 saturated carbocycles. The highest BCUT2D eigenvalue weighted by Crippen LogP contribution is 2.35. The van der Waals surface area contributed by atoms with E-state index in [-0.39, 0.29) is 5.91 Å². The van der Waals surface area contributed by atoms with Crippen molar-refractivity contribution in [2.75, 3.05) is 7.05 Å². The van der Waals surface area contributed by atoms with Gasteiger partial charge in [-0.1, -0.05) is 48.2 Å². The fourth-order valence-corrected chi connectivity index (χ4v) is 4.59. The highest BCUT2D eigenvalue weighted by Gasteiger charge is 2.40. The van der Waals surface area contributed by atoms with E-state index in [1.807, 2.05) is 32.9 Å². The number of nitrogens with zero attached hydrogens (tertiary/aromatic N) is 4.